The number of halogens is 2. The first-order valence-corrected chi connectivity index (χ1v) is 10.2. The van der Waals surface area contributed by atoms with Crippen molar-refractivity contribution in [2.75, 3.05) is 23.4 Å². The lowest BCUT2D eigenvalue weighted by molar-refractivity contribution is -0.151. The monoisotopic (exact) mass is 478 g/mol. The van der Waals surface area contributed by atoms with Gasteiger partial charge < -0.3 is 15.0 Å². The Bertz CT molecular complexity index is 979. The minimum absolute atomic E-state index is 0.0656. The first-order chi connectivity index (χ1) is 13.8. The molecule has 0 aromatic heterocycles. The second-order valence-corrected chi connectivity index (χ2v) is 8.17. The van der Waals surface area contributed by atoms with Gasteiger partial charge in [0.15, 0.2) is 6.61 Å². The molecule has 0 spiro atoms. The van der Waals surface area contributed by atoms with Crippen molar-refractivity contribution in [2.24, 2.45) is 5.92 Å². The largest absolute Gasteiger partial charge is 0.455 e. The maximum Gasteiger partial charge on any atom is 0.311 e. The van der Waals surface area contributed by atoms with Crippen molar-refractivity contribution in [3.63, 3.8) is 0 Å². The standard InChI is InChI=1S/C21H20BrClN2O4/c1-12-4-3-5-18(13(12)2)25-10-14(8-20(25)27)21(28)29-11-19(26)24-15-6-7-16(22)17(23)9-15/h3-7,9,14H,8,10-11H2,1-2H3,(H,24,26)/t14-/m0/s1. The van der Waals surface area contributed by atoms with Crippen molar-refractivity contribution >= 4 is 56.7 Å². The Morgan fingerprint density at radius 2 is 2.03 bits per heavy atom. The molecule has 1 heterocycles. The van der Waals surface area contributed by atoms with E-state index in [1.807, 2.05) is 32.0 Å². The third kappa shape index (κ3) is 4.97. The zero-order chi connectivity index (χ0) is 21.1. The molecule has 0 bridgehead atoms. The number of amides is 2. The van der Waals surface area contributed by atoms with Crippen molar-refractivity contribution < 1.29 is 19.1 Å². The SMILES string of the molecule is Cc1cccc(N2C[C@@H](C(=O)OCC(=O)Nc3ccc(Br)c(Cl)c3)CC2=O)c1C. The lowest BCUT2D eigenvalue weighted by Crippen LogP contribution is -2.28. The highest BCUT2D eigenvalue weighted by Crippen LogP contribution is 2.30. The summed E-state index contributed by atoms with van der Waals surface area (Å²) in [6.45, 7) is 3.73. The van der Waals surface area contributed by atoms with E-state index >= 15 is 0 Å². The third-order valence-corrected chi connectivity index (χ3v) is 6.11. The maximum absolute atomic E-state index is 12.4. The summed E-state index contributed by atoms with van der Waals surface area (Å²) < 4.78 is 5.84. The van der Waals surface area contributed by atoms with E-state index in [-0.39, 0.29) is 18.9 Å². The van der Waals surface area contributed by atoms with E-state index in [1.54, 1.807) is 23.1 Å². The van der Waals surface area contributed by atoms with Crippen LogP contribution < -0.4 is 10.2 Å². The van der Waals surface area contributed by atoms with Crippen LogP contribution in [-0.4, -0.2) is 30.9 Å². The van der Waals surface area contributed by atoms with Crippen LogP contribution in [0.3, 0.4) is 0 Å². The molecule has 8 heteroatoms. The number of benzene rings is 2. The fourth-order valence-electron chi connectivity index (χ4n) is 3.15. The molecule has 0 radical (unpaired) electrons. The van der Waals surface area contributed by atoms with Crippen LogP contribution in [0.1, 0.15) is 17.5 Å². The van der Waals surface area contributed by atoms with Gasteiger partial charge in [-0.05, 0) is 65.2 Å². The van der Waals surface area contributed by atoms with Gasteiger partial charge in [0.1, 0.15) is 0 Å². The van der Waals surface area contributed by atoms with E-state index in [1.165, 1.54) is 0 Å². The number of aryl methyl sites for hydroxylation is 1. The summed E-state index contributed by atoms with van der Waals surface area (Å²) in [5.41, 5.74) is 3.37. The van der Waals surface area contributed by atoms with Crippen LogP contribution in [-0.2, 0) is 19.1 Å². The van der Waals surface area contributed by atoms with E-state index in [9.17, 15) is 14.4 Å². The second kappa shape index (κ2) is 8.97. The summed E-state index contributed by atoms with van der Waals surface area (Å²) in [6, 6.07) is 10.7. The predicted molar refractivity (Wildman–Crippen MR) is 115 cm³/mol. The summed E-state index contributed by atoms with van der Waals surface area (Å²) in [5, 5.41) is 3.07. The number of carbonyl (C=O) groups excluding carboxylic acids is 3. The van der Waals surface area contributed by atoms with Gasteiger partial charge in [-0.2, -0.15) is 0 Å². The van der Waals surface area contributed by atoms with Crippen molar-refractivity contribution in [1.82, 2.24) is 0 Å². The van der Waals surface area contributed by atoms with Crippen LogP contribution in [0.25, 0.3) is 0 Å². The maximum atomic E-state index is 12.4. The van der Waals surface area contributed by atoms with Gasteiger partial charge >= 0.3 is 5.97 Å². The number of hydrogen-bond acceptors (Lipinski definition) is 4. The zero-order valence-corrected chi connectivity index (χ0v) is 18.3. The number of esters is 1. The van der Waals surface area contributed by atoms with Gasteiger partial charge in [-0.3, -0.25) is 14.4 Å². The van der Waals surface area contributed by atoms with Gasteiger partial charge in [0, 0.05) is 28.8 Å². The predicted octanol–water partition coefficient (Wildman–Crippen LogP) is 4.25. The van der Waals surface area contributed by atoms with E-state index in [4.69, 9.17) is 16.3 Å². The fourth-order valence-corrected chi connectivity index (χ4v) is 3.58. The van der Waals surface area contributed by atoms with E-state index in [2.05, 4.69) is 21.2 Å². The molecule has 1 aliphatic heterocycles. The summed E-state index contributed by atoms with van der Waals surface area (Å²) in [6.07, 6.45) is 0.0656. The molecule has 2 amide bonds. The topological polar surface area (TPSA) is 75.7 Å². The molecule has 3 rings (SSSR count). The number of nitrogens with zero attached hydrogens (tertiary/aromatic N) is 1. The van der Waals surface area contributed by atoms with Crippen LogP contribution in [0, 0.1) is 19.8 Å². The molecule has 1 fully saturated rings. The van der Waals surface area contributed by atoms with Gasteiger partial charge in [-0.1, -0.05) is 23.7 Å². The van der Waals surface area contributed by atoms with E-state index < -0.39 is 24.4 Å². The summed E-state index contributed by atoms with van der Waals surface area (Å²) in [5.74, 6) is -1.77. The molecule has 29 heavy (non-hydrogen) atoms. The van der Waals surface area contributed by atoms with Gasteiger partial charge in [0.2, 0.25) is 5.91 Å². The molecule has 6 nitrogen and oxygen atoms in total. The number of nitrogens with one attached hydrogen (secondary N) is 1. The second-order valence-electron chi connectivity index (χ2n) is 6.91. The van der Waals surface area contributed by atoms with E-state index in [0.717, 1.165) is 16.8 Å². The Labute approximate surface area is 182 Å². The quantitative estimate of drug-likeness (QED) is 0.651. The molecule has 2 aromatic rings. The number of hydrogen-bond donors (Lipinski definition) is 1. The molecule has 1 atom stereocenters. The van der Waals surface area contributed by atoms with Gasteiger partial charge in [-0.25, -0.2) is 0 Å². The molecule has 0 aliphatic carbocycles. The summed E-state index contributed by atoms with van der Waals surface area (Å²) >= 11 is 9.26. The van der Waals surface area contributed by atoms with Crippen molar-refractivity contribution in [3.8, 4) is 0 Å². The average molecular weight is 480 g/mol. The number of anilines is 2. The lowest BCUT2D eigenvalue weighted by Gasteiger charge is -2.20. The van der Waals surface area contributed by atoms with E-state index in [0.29, 0.717) is 15.2 Å². The number of rotatable bonds is 5. The van der Waals surface area contributed by atoms with Crippen molar-refractivity contribution in [2.45, 2.75) is 20.3 Å². The van der Waals surface area contributed by atoms with Crippen LogP contribution in [0.15, 0.2) is 40.9 Å². The third-order valence-electron chi connectivity index (χ3n) is 4.87. The molecule has 1 aliphatic rings. The zero-order valence-electron chi connectivity index (χ0n) is 16.0. The molecule has 1 saturated heterocycles. The van der Waals surface area contributed by atoms with Gasteiger partial charge in [-0.15, -0.1) is 0 Å². The average Bonchev–Trinajstić information content (AvgIpc) is 3.06. The highest BCUT2D eigenvalue weighted by atomic mass is 79.9. The lowest BCUT2D eigenvalue weighted by atomic mass is 10.1. The molecular weight excluding hydrogens is 460 g/mol. The summed E-state index contributed by atoms with van der Waals surface area (Å²) in [4.78, 5) is 38.4. The smallest absolute Gasteiger partial charge is 0.311 e. The summed E-state index contributed by atoms with van der Waals surface area (Å²) in [7, 11) is 0. The Kier molecular flexibility index (Phi) is 6.59. The van der Waals surface area contributed by atoms with Crippen LogP contribution in [0.2, 0.25) is 5.02 Å². The number of carbonyl (C=O) groups is 3. The van der Waals surface area contributed by atoms with Crippen molar-refractivity contribution in [3.05, 3.63) is 57.0 Å². The fraction of sp³-hybridized carbons (Fsp3) is 0.286. The van der Waals surface area contributed by atoms with Crippen molar-refractivity contribution in [1.29, 1.82) is 0 Å². The normalized spacial score (nSPS) is 16.1. The highest BCUT2D eigenvalue weighted by molar-refractivity contribution is 9.10. The molecule has 2 aromatic carbocycles. The molecular formula is C21H20BrClN2O4. The first-order valence-electron chi connectivity index (χ1n) is 9.04. The van der Waals surface area contributed by atoms with Crippen LogP contribution in [0.5, 0.6) is 0 Å². The number of ether oxygens (including phenoxy) is 1. The van der Waals surface area contributed by atoms with Gasteiger partial charge in [0.25, 0.3) is 5.91 Å². The first kappa shape index (κ1) is 21.3. The van der Waals surface area contributed by atoms with Crippen LogP contribution in [0.4, 0.5) is 11.4 Å². The Morgan fingerprint density at radius 1 is 1.28 bits per heavy atom. The molecule has 1 N–H and O–H groups in total. The molecule has 152 valence electrons. The Hall–Kier alpha value is -2.38. The highest BCUT2D eigenvalue weighted by Gasteiger charge is 2.37. The molecule has 0 saturated carbocycles. The van der Waals surface area contributed by atoms with Gasteiger partial charge in [0.05, 0.1) is 10.9 Å². The minimum atomic E-state index is -0.600. The van der Waals surface area contributed by atoms with Crippen LogP contribution >= 0.6 is 27.5 Å². The Morgan fingerprint density at radius 3 is 2.76 bits per heavy atom. The minimum Gasteiger partial charge on any atom is -0.455 e. The molecule has 0 unspecified atom stereocenters. The Balaban J connectivity index is 1.56.